The minimum atomic E-state index is 0.483. The Labute approximate surface area is 159 Å². The maximum absolute atomic E-state index is 8.68. The van der Waals surface area contributed by atoms with E-state index >= 15 is 0 Å². The van der Waals surface area contributed by atoms with E-state index in [2.05, 4.69) is 10.3 Å². The second-order valence-electron chi connectivity index (χ2n) is 5.35. The lowest BCUT2D eigenvalue weighted by molar-refractivity contribution is 0.354. The smallest absolute Gasteiger partial charge is 0.178 e. The summed E-state index contributed by atoms with van der Waals surface area (Å²) in [4.78, 5) is 4.36. The van der Waals surface area contributed by atoms with E-state index in [1.54, 1.807) is 39.5 Å². The molecular weight excluding hydrogens is 346 g/mol. The Morgan fingerprint density at radius 3 is 2.04 bits per heavy atom. The summed E-state index contributed by atoms with van der Waals surface area (Å²) in [6.45, 7) is 1.70. The van der Waals surface area contributed by atoms with Crippen LogP contribution in [-0.2, 0) is 0 Å². The molecule has 1 aliphatic rings. The summed E-state index contributed by atoms with van der Waals surface area (Å²) in [5, 5.41) is 11.9. The number of aliphatic imine (C=N–C) groups is 1. The highest BCUT2D eigenvalue weighted by atomic mass is 16.5. The van der Waals surface area contributed by atoms with Gasteiger partial charge in [0.05, 0.1) is 46.1 Å². The molecular formula is C20H23N3O4. The highest BCUT2D eigenvalue weighted by Crippen LogP contribution is 2.31. The Morgan fingerprint density at radius 2 is 1.52 bits per heavy atom. The molecule has 0 unspecified atom stereocenters. The summed E-state index contributed by atoms with van der Waals surface area (Å²) in [5.41, 5.74) is 1.44. The topological polar surface area (TPSA) is 85.1 Å². The number of ether oxygens (including phenoxy) is 4. The average molecular weight is 369 g/mol. The number of rotatable bonds is 5. The predicted octanol–water partition coefficient (Wildman–Crippen LogP) is 2.63. The minimum absolute atomic E-state index is 0.483. The fraction of sp³-hybridized carbons (Fsp3) is 0.300. The third kappa shape index (κ3) is 4.61. The largest absolute Gasteiger partial charge is 0.493 e. The van der Waals surface area contributed by atoms with Crippen molar-refractivity contribution in [2.75, 3.05) is 41.5 Å². The Kier molecular flexibility index (Phi) is 7.32. The van der Waals surface area contributed by atoms with Crippen LogP contribution in [0, 0.1) is 11.3 Å². The second-order valence-corrected chi connectivity index (χ2v) is 5.35. The molecule has 0 spiro atoms. The minimum Gasteiger partial charge on any atom is -0.493 e. The number of methoxy groups -OCH3 is 4. The summed E-state index contributed by atoms with van der Waals surface area (Å²) in [6.07, 6.45) is 0. The molecule has 0 radical (unpaired) electrons. The normalized spacial score (nSPS) is 11.9. The number of hydrogen-bond acceptors (Lipinski definition) is 7. The molecule has 7 heteroatoms. The Hall–Kier alpha value is -3.40. The third-order valence-corrected chi connectivity index (χ3v) is 3.86. The van der Waals surface area contributed by atoms with Crippen molar-refractivity contribution in [2.24, 2.45) is 4.99 Å². The molecule has 7 nitrogen and oxygen atoms in total. The molecule has 0 fully saturated rings. The average Bonchev–Trinajstić information content (AvgIpc) is 3.27. The van der Waals surface area contributed by atoms with Gasteiger partial charge in [0.2, 0.25) is 0 Å². The highest BCUT2D eigenvalue weighted by Gasteiger charge is 2.16. The number of para-hydroxylation sites is 2. The SMILES string of the molecule is COc1cccc(C#N)c1OC.COc1cccc(C2=NCCN2)c1OC. The summed E-state index contributed by atoms with van der Waals surface area (Å²) in [6, 6.07) is 13.0. The number of nitrogens with one attached hydrogen (secondary N) is 1. The van der Waals surface area contributed by atoms with Crippen LogP contribution in [0.4, 0.5) is 0 Å². The molecule has 27 heavy (non-hydrogen) atoms. The van der Waals surface area contributed by atoms with Gasteiger partial charge in [-0.3, -0.25) is 4.99 Å². The van der Waals surface area contributed by atoms with Crippen LogP contribution in [-0.4, -0.2) is 47.4 Å². The molecule has 1 N–H and O–H groups in total. The van der Waals surface area contributed by atoms with Crippen LogP contribution in [0.3, 0.4) is 0 Å². The van der Waals surface area contributed by atoms with E-state index in [4.69, 9.17) is 24.2 Å². The number of nitrogens with zero attached hydrogens (tertiary/aromatic N) is 2. The van der Waals surface area contributed by atoms with Gasteiger partial charge in [-0.15, -0.1) is 0 Å². The lowest BCUT2D eigenvalue weighted by Gasteiger charge is -2.12. The Morgan fingerprint density at radius 1 is 0.889 bits per heavy atom. The molecule has 3 rings (SSSR count). The van der Waals surface area contributed by atoms with Gasteiger partial charge >= 0.3 is 0 Å². The molecule has 0 bridgehead atoms. The zero-order valence-corrected chi connectivity index (χ0v) is 15.9. The van der Waals surface area contributed by atoms with Crippen molar-refractivity contribution in [1.29, 1.82) is 5.26 Å². The van der Waals surface area contributed by atoms with E-state index in [9.17, 15) is 0 Å². The highest BCUT2D eigenvalue weighted by molar-refractivity contribution is 6.02. The van der Waals surface area contributed by atoms with E-state index in [0.29, 0.717) is 17.1 Å². The standard InChI is InChI=1S/C11H14N2O2.C9H9NO2/c1-14-9-5-3-4-8(10(9)15-2)11-12-6-7-13-11;1-11-8-5-3-4-7(6-10)9(8)12-2/h3-5H,6-7H2,1-2H3,(H,12,13);3-5H,1-2H3. The zero-order chi connectivity index (χ0) is 19.6. The van der Waals surface area contributed by atoms with Crippen LogP contribution in [0.15, 0.2) is 41.4 Å². The molecule has 1 aliphatic heterocycles. The molecule has 0 aliphatic carbocycles. The van der Waals surface area contributed by atoms with Crippen molar-refractivity contribution < 1.29 is 18.9 Å². The van der Waals surface area contributed by atoms with Crippen LogP contribution in [0.2, 0.25) is 0 Å². The number of amidine groups is 1. The third-order valence-electron chi connectivity index (χ3n) is 3.86. The number of benzene rings is 2. The van der Waals surface area contributed by atoms with Crippen molar-refractivity contribution in [2.45, 2.75) is 0 Å². The Balaban J connectivity index is 0.000000199. The lowest BCUT2D eigenvalue weighted by atomic mass is 10.1. The zero-order valence-electron chi connectivity index (χ0n) is 15.9. The van der Waals surface area contributed by atoms with Crippen LogP contribution in [0.25, 0.3) is 0 Å². The molecule has 0 saturated heterocycles. The first-order valence-electron chi connectivity index (χ1n) is 8.30. The monoisotopic (exact) mass is 369 g/mol. The van der Waals surface area contributed by atoms with Crippen molar-refractivity contribution in [3.63, 3.8) is 0 Å². The number of hydrogen-bond donors (Lipinski definition) is 1. The molecule has 142 valence electrons. The van der Waals surface area contributed by atoms with Crippen molar-refractivity contribution in [3.05, 3.63) is 47.5 Å². The molecule has 0 atom stereocenters. The molecule has 0 amide bonds. The molecule has 1 heterocycles. The van der Waals surface area contributed by atoms with Crippen LogP contribution in [0.1, 0.15) is 11.1 Å². The van der Waals surface area contributed by atoms with Gasteiger partial charge in [0, 0.05) is 6.54 Å². The first kappa shape index (κ1) is 19.9. The molecule has 2 aromatic rings. The fourth-order valence-electron chi connectivity index (χ4n) is 2.63. The maximum atomic E-state index is 8.68. The van der Waals surface area contributed by atoms with Crippen LogP contribution >= 0.6 is 0 Å². The van der Waals surface area contributed by atoms with E-state index in [1.807, 2.05) is 24.3 Å². The summed E-state index contributed by atoms with van der Waals surface area (Å²) >= 11 is 0. The van der Waals surface area contributed by atoms with Gasteiger partial charge in [0.25, 0.3) is 0 Å². The van der Waals surface area contributed by atoms with Gasteiger partial charge in [0.15, 0.2) is 23.0 Å². The first-order chi connectivity index (χ1) is 13.2. The maximum Gasteiger partial charge on any atom is 0.178 e. The van der Waals surface area contributed by atoms with Gasteiger partial charge in [-0.2, -0.15) is 5.26 Å². The van der Waals surface area contributed by atoms with E-state index in [1.165, 1.54) is 7.11 Å². The fourth-order valence-corrected chi connectivity index (χ4v) is 2.63. The van der Waals surface area contributed by atoms with Crippen LogP contribution < -0.4 is 24.3 Å². The van der Waals surface area contributed by atoms with Gasteiger partial charge in [-0.25, -0.2) is 0 Å². The van der Waals surface area contributed by atoms with Crippen molar-refractivity contribution >= 4 is 5.84 Å². The predicted molar refractivity (Wildman–Crippen MR) is 103 cm³/mol. The summed E-state index contributed by atoms with van der Waals surface area (Å²) < 4.78 is 20.6. The lowest BCUT2D eigenvalue weighted by Crippen LogP contribution is -2.20. The van der Waals surface area contributed by atoms with Gasteiger partial charge in [0.1, 0.15) is 11.9 Å². The Bertz CT molecular complexity index is 844. The summed E-state index contributed by atoms with van der Waals surface area (Å²) in [7, 11) is 6.32. The molecule has 2 aromatic carbocycles. The molecule has 0 saturated carbocycles. The van der Waals surface area contributed by atoms with Gasteiger partial charge in [-0.1, -0.05) is 12.1 Å². The quantitative estimate of drug-likeness (QED) is 0.872. The van der Waals surface area contributed by atoms with Crippen LogP contribution in [0.5, 0.6) is 23.0 Å². The second kappa shape index (κ2) is 9.92. The van der Waals surface area contributed by atoms with Crippen molar-refractivity contribution in [3.8, 4) is 29.1 Å². The first-order valence-corrected chi connectivity index (χ1v) is 8.30. The van der Waals surface area contributed by atoms with Gasteiger partial charge in [-0.05, 0) is 24.3 Å². The summed E-state index contributed by atoms with van der Waals surface area (Å²) in [5.74, 6) is 3.41. The van der Waals surface area contributed by atoms with Gasteiger partial charge < -0.3 is 24.3 Å². The number of nitriles is 1. The van der Waals surface area contributed by atoms with E-state index < -0.39 is 0 Å². The molecule has 0 aromatic heterocycles. The van der Waals surface area contributed by atoms with E-state index in [0.717, 1.165) is 36.0 Å². The van der Waals surface area contributed by atoms with Crippen molar-refractivity contribution in [1.82, 2.24) is 5.32 Å². The van der Waals surface area contributed by atoms with E-state index in [-0.39, 0.29) is 0 Å².